The van der Waals surface area contributed by atoms with Gasteiger partial charge in [0, 0.05) is 43.9 Å². The van der Waals surface area contributed by atoms with E-state index in [-0.39, 0.29) is 38.5 Å². The lowest BCUT2D eigenvalue weighted by Gasteiger charge is -2.36. The SMILES string of the molecule is O=C(CN(Cc1ccc2c(c1)OCO2)C(=O)c1ccc2c(c1)OCO2)N1CCN(c2ccc(-c3ccccc3Cl)nn2)CC1. The zero-order valence-electron chi connectivity index (χ0n) is 23.6. The maximum Gasteiger partial charge on any atom is 0.254 e. The van der Waals surface area contributed by atoms with Crippen LogP contribution in [-0.2, 0) is 11.3 Å². The summed E-state index contributed by atoms with van der Waals surface area (Å²) in [5, 5.41) is 9.41. The minimum absolute atomic E-state index is 0.0892. The number of aromatic nitrogens is 2. The number of fused-ring (bicyclic) bond motifs is 2. The van der Waals surface area contributed by atoms with Crippen LogP contribution in [0.25, 0.3) is 11.3 Å². The molecule has 4 heterocycles. The Morgan fingerprint density at radius 2 is 1.48 bits per heavy atom. The molecule has 0 aliphatic carbocycles. The molecule has 0 spiro atoms. The number of hydrogen-bond acceptors (Lipinski definition) is 9. The van der Waals surface area contributed by atoms with Crippen LogP contribution in [-0.4, -0.2) is 78.1 Å². The van der Waals surface area contributed by atoms with E-state index in [1.54, 1.807) is 28.0 Å². The first-order valence-corrected chi connectivity index (χ1v) is 14.6. The normalized spacial score (nSPS) is 14.9. The zero-order chi connectivity index (χ0) is 30.0. The van der Waals surface area contributed by atoms with Crippen LogP contribution < -0.4 is 23.8 Å². The fourth-order valence-electron chi connectivity index (χ4n) is 5.43. The Labute approximate surface area is 258 Å². The molecule has 0 N–H and O–H groups in total. The summed E-state index contributed by atoms with van der Waals surface area (Å²) in [5.41, 5.74) is 2.75. The molecule has 4 aromatic rings. The predicted octanol–water partition coefficient (Wildman–Crippen LogP) is 4.25. The van der Waals surface area contributed by atoms with Gasteiger partial charge in [-0.05, 0) is 54.1 Å². The summed E-state index contributed by atoms with van der Waals surface area (Å²) in [6.45, 7) is 2.53. The fraction of sp³-hybridized carbons (Fsp3) is 0.250. The van der Waals surface area contributed by atoms with E-state index in [0.29, 0.717) is 65.5 Å². The van der Waals surface area contributed by atoms with Crippen LogP contribution in [0.4, 0.5) is 5.82 Å². The third kappa shape index (κ3) is 5.66. The number of hydrogen-bond donors (Lipinski definition) is 0. The molecular weight excluding hydrogens is 586 g/mol. The van der Waals surface area contributed by atoms with E-state index in [2.05, 4.69) is 15.1 Å². The maximum absolute atomic E-state index is 13.8. The van der Waals surface area contributed by atoms with Crippen molar-refractivity contribution >= 4 is 29.2 Å². The largest absolute Gasteiger partial charge is 0.454 e. The van der Waals surface area contributed by atoms with Crippen LogP contribution >= 0.6 is 11.6 Å². The van der Waals surface area contributed by atoms with Gasteiger partial charge in [-0.25, -0.2) is 0 Å². The first-order valence-electron chi connectivity index (χ1n) is 14.2. The van der Waals surface area contributed by atoms with Crippen molar-refractivity contribution in [2.75, 3.05) is 51.2 Å². The number of piperazine rings is 1. The highest BCUT2D eigenvalue weighted by molar-refractivity contribution is 6.33. The van der Waals surface area contributed by atoms with Crippen molar-refractivity contribution < 1.29 is 28.5 Å². The summed E-state index contributed by atoms with van der Waals surface area (Å²) in [4.78, 5) is 32.7. The maximum atomic E-state index is 13.8. The topological polar surface area (TPSA) is 107 Å². The third-order valence-electron chi connectivity index (χ3n) is 7.80. The summed E-state index contributed by atoms with van der Waals surface area (Å²) in [7, 11) is 0. The van der Waals surface area contributed by atoms with Crippen molar-refractivity contribution in [1.82, 2.24) is 20.0 Å². The fourth-order valence-corrected chi connectivity index (χ4v) is 5.66. The Balaban J connectivity index is 1.03. The Bertz CT molecular complexity index is 1710. The lowest BCUT2D eigenvalue weighted by atomic mass is 10.1. The zero-order valence-corrected chi connectivity index (χ0v) is 24.4. The van der Waals surface area contributed by atoms with Crippen LogP contribution in [0, 0.1) is 0 Å². The Kier molecular flexibility index (Phi) is 7.53. The highest BCUT2D eigenvalue weighted by Gasteiger charge is 2.28. The molecule has 0 saturated carbocycles. The van der Waals surface area contributed by atoms with Gasteiger partial charge < -0.3 is 33.6 Å². The van der Waals surface area contributed by atoms with Crippen LogP contribution in [0.3, 0.4) is 0 Å². The first-order chi connectivity index (χ1) is 21.5. The number of benzene rings is 3. The van der Waals surface area contributed by atoms with Gasteiger partial charge in [-0.2, -0.15) is 0 Å². The van der Waals surface area contributed by atoms with E-state index in [0.717, 1.165) is 16.9 Å². The number of halogens is 1. The van der Waals surface area contributed by atoms with Gasteiger partial charge in [0.15, 0.2) is 28.8 Å². The van der Waals surface area contributed by atoms with Gasteiger partial charge in [0.25, 0.3) is 5.91 Å². The smallest absolute Gasteiger partial charge is 0.254 e. The highest BCUT2D eigenvalue weighted by atomic mass is 35.5. The molecule has 3 aliphatic heterocycles. The molecule has 224 valence electrons. The Morgan fingerprint density at radius 1 is 0.773 bits per heavy atom. The molecular formula is C32H28ClN5O6. The van der Waals surface area contributed by atoms with Gasteiger partial charge in [-0.15, -0.1) is 10.2 Å². The van der Waals surface area contributed by atoms with Crippen molar-refractivity contribution in [3.8, 4) is 34.3 Å². The van der Waals surface area contributed by atoms with Crippen LogP contribution in [0.1, 0.15) is 15.9 Å². The predicted molar refractivity (Wildman–Crippen MR) is 161 cm³/mol. The van der Waals surface area contributed by atoms with Crippen LogP contribution in [0.2, 0.25) is 5.02 Å². The number of carbonyl (C=O) groups excluding carboxylic acids is 2. The summed E-state index contributed by atoms with van der Waals surface area (Å²) in [6, 6.07) is 21.9. The average Bonchev–Trinajstić information content (AvgIpc) is 3.73. The number of amides is 2. The monoisotopic (exact) mass is 613 g/mol. The average molecular weight is 614 g/mol. The minimum atomic E-state index is -0.290. The number of nitrogens with zero attached hydrogens (tertiary/aromatic N) is 5. The first kappa shape index (κ1) is 27.8. The minimum Gasteiger partial charge on any atom is -0.454 e. The summed E-state index contributed by atoms with van der Waals surface area (Å²) < 4.78 is 21.8. The van der Waals surface area contributed by atoms with Gasteiger partial charge in [0.05, 0.1) is 10.7 Å². The van der Waals surface area contributed by atoms with Crippen molar-refractivity contribution in [1.29, 1.82) is 0 Å². The highest BCUT2D eigenvalue weighted by Crippen LogP contribution is 2.35. The van der Waals surface area contributed by atoms with Crippen molar-refractivity contribution in [2.45, 2.75) is 6.54 Å². The van der Waals surface area contributed by atoms with E-state index in [9.17, 15) is 9.59 Å². The summed E-state index contributed by atoms with van der Waals surface area (Å²) in [5.74, 6) is 2.66. The molecule has 7 rings (SSSR count). The van der Waals surface area contributed by atoms with Gasteiger partial charge in [0.2, 0.25) is 19.5 Å². The number of carbonyl (C=O) groups is 2. The number of anilines is 1. The van der Waals surface area contributed by atoms with Crippen molar-refractivity contribution in [3.63, 3.8) is 0 Å². The second-order valence-corrected chi connectivity index (χ2v) is 10.9. The molecule has 3 aromatic carbocycles. The van der Waals surface area contributed by atoms with Gasteiger partial charge >= 0.3 is 0 Å². The number of rotatable bonds is 7. The molecule has 1 saturated heterocycles. The molecule has 44 heavy (non-hydrogen) atoms. The Hall–Kier alpha value is -5.03. The number of ether oxygens (including phenoxy) is 4. The van der Waals surface area contributed by atoms with E-state index in [4.69, 9.17) is 30.5 Å². The van der Waals surface area contributed by atoms with Crippen LogP contribution in [0.15, 0.2) is 72.8 Å². The molecule has 0 atom stereocenters. The van der Waals surface area contributed by atoms with Crippen LogP contribution in [0.5, 0.6) is 23.0 Å². The van der Waals surface area contributed by atoms with Crippen molar-refractivity contribution in [3.05, 3.63) is 88.9 Å². The molecule has 1 aromatic heterocycles. The van der Waals surface area contributed by atoms with Crippen molar-refractivity contribution in [2.24, 2.45) is 0 Å². The lowest BCUT2D eigenvalue weighted by Crippen LogP contribution is -2.52. The third-order valence-corrected chi connectivity index (χ3v) is 8.13. The second-order valence-electron chi connectivity index (χ2n) is 10.5. The molecule has 3 aliphatic rings. The van der Waals surface area contributed by atoms with Gasteiger partial charge in [0.1, 0.15) is 6.54 Å². The molecule has 11 nitrogen and oxygen atoms in total. The molecule has 0 bridgehead atoms. The van der Waals surface area contributed by atoms with E-state index >= 15 is 0 Å². The molecule has 0 unspecified atom stereocenters. The van der Waals surface area contributed by atoms with Gasteiger partial charge in [-0.3, -0.25) is 9.59 Å². The van der Waals surface area contributed by atoms with E-state index < -0.39 is 0 Å². The quantitative estimate of drug-likeness (QED) is 0.302. The lowest BCUT2D eigenvalue weighted by molar-refractivity contribution is -0.132. The van der Waals surface area contributed by atoms with Gasteiger partial charge in [-0.1, -0.05) is 35.9 Å². The molecule has 2 amide bonds. The molecule has 1 fully saturated rings. The summed E-state index contributed by atoms with van der Waals surface area (Å²) in [6.07, 6.45) is 0. The summed E-state index contributed by atoms with van der Waals surface area (Å²) >= 11 is 6.31. The van der Waals surface area contributed by atoms with E-state index in [1.165, 1.54) is 0 Å². The molecule has 0 radical (unpaired) electrons. The Morgan fingerprint density at radius 3 is 2.20 bits per heavy atom. The standard InChI is InChI=1S/C32H28ClN5O6/c33-24-4-2-1-3-23(24)25-7-10-30(35-34-25)36-11-13-37(14-12-36)31(39)18-38(17-21-5-8-26-28(15-21)43-19-41-26)32(40)22-6-9-27-29(16-22)44-20-42-27/h1-10,15-16H,11-14,17-20H2. The molecule has 12 heteroatoms. The second kappa shape index (κ2) is 11.9. The van der Waals surface area contributed by atoms with E-state index in [1.807, 2.05) is 54.6 Å².